The van der Waals surface area contributed by atoms with E-state index in [1.807, 2.05) is 24.4 Å². The highest BCUT2D eigenvalue weighted by Crippen LogP contribution is 2.19. The number of hydrogen-bond donors (Lipinski definition) is 2. The van der Waals surface area contributed by atoms with Crippen molar-refractivity contribution in [2.75, 3.05) is 6.54 Å². The van der Waals surface area contributed by atoms with Gasteiger partial charge in [0, 0.05) is 37.1 Å². The van der Waals surface area contributed by atoms with E-state index in [4.69, 9.17) is 10.9 Å². The predicted octanol–water partition coefficient (Wildman–Crippen LogP) is 2.58. The van der Waals surface area contributed by atoms with E-state index >= 15 is 0 Å². The van der Waals surface area contributed by atoms with Crippen molar-refractivity contribution >= 4 is 16.7 Å². The first-order valence-electron chi connectivity index (χ1n) is 7.15. The maximum atomic E-state index is 8.65. The Morgan fingerprint density at radius 3 is 2.81 bits per heavy atom. The molecule has 5 nitrogen and oxygen atoms in total. The van der Waals surface area contributed by atoms with Crippen LogP contribution in [0.2, 0.25) is 0 Å². The number of aromatic nitrogens is 1. The molecule has 0 fully saturated rings. The predicted molar refractivity (Wildman–Crippen MR) is 85.3 cm³/mol. The molecule has 0 saturated carbocycles. The van der Waals surface area contributed by atoms with Gasteiger partial charge in [0.25, 0.3) is 0 Å². The summed E-state index contributed by atoms with van der Waals surface area (Å²) in [5, 5.41) is 12.9. The summed E-state index contributed by atoms with van der Waals surface area (Å²) in [5.41, 5.74) is 7.82. The minimum absolute atomic E-state index is 0.264. The van der Waals surface area contributed by atoms with Crippen molar-refractivity contribution in [3.63, 3.8) is 0 Å². The Bertz CT molecular complexity index is 619. The Morgan fingerprint density at radius 1 is 1.33 bits per heavy atom. The minimum atomic E-state index is 0.264. The van der Waals surface area contributed by atoms with Crippen LogP contribution >= 0.6 is 0 Å². The molecule has 1 aromatic heterocycles. The first kappa shape index (κ1) is 15.3. The van der Waals surface area contributed by atoms with E-state index in [0.717, 1.165) is 18.6 Å². The van der Waals surface area contributed by atoms with E-state index in [2.05, 4.69) is 41.0 Å². The molecule has 0 aliphatic heterocycles. The molecule has 0 aliphatic rings. The number of oxime groups is 1. The lowest BCUT2D eigenvalue weighted by molar-refractivity contribution is 0.218. The third-order valence-corrected chi connectivity index (χ3v) is 3.63. The summed E-state index contributed by atoms with van der Waals surface area (Å²) in [4.78, 5) is 6.70. The molecule has 2 aromatic rings. The minimum Gasteiger partial charge on any atom is -0.409 e. The number of amidine groups is 1. The maximum Gasteiger partial charge on any atom is 0.140 e. The zero-order valence-corrected chi connectivity index (χ0v) is 12.5. The van der Waals surface area contributed by atoms with Crippen molar-refractivity contribution in [2.24, 2.45) is 10.9 Å². The van der Waals surface area contributed by atoms with E-state index in [0.29, 0.717) is 12.5 Å². The van der Waals surface area contributed by atoms with Crippen LogP contribution in [-0.2, 0) is 6.54 Å². The zero-order chi connectivity index (χ0) is 15.2. The summed E-state index contributed by atoms with van der Waals surface area (Å²) < 4.78 is 0. The fourth-order valence-electron chi connectivity index (χ4n) is 2.34. The molecule has 21 heavy (non-hydrogen) atoms. The summed E-state index contributed by atoms with van der Waals surface area (Å²) in [6.45, 7) is 5.87. The smallest absolute Gasteiger partial charge is 0.140 e. The number of pyridine rings is 1. The topological polar surface area (TPSA) is 74.7 Å². The van der Waals surface area contributed by atoms with E-state index < -0.39 is 0 Å². The lowest BCUT2D eigenvalue weighted by Gasteiger charge is -2.26. The van der Waals surface area contributed by atoms with Gasteiger partial charge in [-0.1, -0.05) is 23.4 Å². The molecule has 2 rings (SSSR count). The molecule has 0 atom stereocenters. The highest BCUT2D eigenvalue weighted by Gasteiger charge is 2.12. The van der Waals surface area contributed by atoms with Gasteiger partial charge in [0.15, 0.2) is 0 Å². The number of para-hydroxylation sites is 1. The summed E-state index contributed by atoms with van der Waals surface area (Å²) in [7, 11) is 0. The van der Waals surface area contributed by atoms with Crippen molar-refractivity contribution in [2.45, 2.75) is 32.9 Å². The summed E-state index contributed by atoms with van der Waals surface area (Å²) >= 11 is 0. The molecular formula is C16H22N4O. The molecule has 1 heterocycles. The molecule has 1 aromatic carbocycles. The largest absolute Gasteiger partial charge is 0.409 e. The van der Waals surface area contributed by atoms with Crippen molar-refractivity contribution in [1.29, 1.82) is 0 Å². The first-order valence-corrected chi connectivity index (χ1v) is 7.15. The van der Waals surface area contributed by atoms with E-state index in [9.17, 15) is 0 Å². The zero-order valence-electron chi connectivity index (χ0n) is 12.5. The Balaban J connectivity index is 2.19. The van der Waals surface area contributed by atoms with Crippen LogP contribution in [0.1, 0.15) is 25.8 Å². The molecule has 112 valence electrons. The normalized spacial score (nSPS) is 12.5. The van der Waals surface area contributed by atoms with E-state index in [1.54, 1.807) is 0 Å². The lowest BCUT2D eigenvalue weighted by Crippen LogP contribution is -2.33. The Morgan fingerprint density at radius 2 is 2.10 bits per heavy atom. The van der Waals surface area contributed by atoms with Crippen LogP contribution in [0.5, 0.6) is 0 Å². The molecule has 0 saturated heterocycles. The van der Waals surface area contributed by atoms with Gasteiger partial charge in [-0.15, -0.1) is 0 Å². The average Bonchev–Trinajstić information content (AvgIpc) is 2.50. The van der Waals surface area contributed by atoms with Crippen molar-refractivity contribution in [3.05, 3.63) is 42.1 Å². The maximum absolute atomic E-state index is 8.65. The molecule has 0 radical (unpaired) electrons. The molecule has 0 bridgehead atoms. The second kappa shape index (κ2) is 7.04. The monoisotopic (exact) mass is 286 g/mol. The molecule has 0 spiro atoms. The fourth-order valence-corrected chi connectivity index (χ4v) is 2.34. The van der Waals surface area contributed by atoms with Crippen molar-refractivity contribution < 1.29 is 5.21 Å². The molecular weight excluding hydrogens is 264 g/mol. The van der Waals surface area contributed by atoms with Gasteiger partial charge in [-0.05, 0) is 31.5 Å². The Hall–Kier alpha value is -2.14. The second-order valence-corrected chi connectivity index (χ2v) is 5.39. The van der Waals surface area contributed by atoms with Gasteiger partial charge < -0.3 is 10.9 Å². The van der Waals surface area contributed by atoms with Gasteiger partial charge in [-0.25, -0.2) is 0 Å². The van der Waals surface area contributed by atoms with Crippen LogP contribution in [0.4, 0.5) is 0 Å². The first-order chi connectivity index (χ1) is 10.1. The summed E-state index contributed by atoms with van der Waals surface area (Å²) in [5.74, 6) is 0.264. The number of fused-ring (bicyclic) bond motifs is 1. The number of hydrogen-bond acceptors (Lipinski definition) is 4. The van der Waals surface area contributed by atoms with Gasteiger partial charge in [0.1, 0.15) is 5.84 Å². The molecule has 3 N–H and O–H groups in total. The van der Waals surface area contributed by atoms with Crippen molar-refractivity contribution in [3.8, 4) is 0 Å². The van der Waals surface area contributed by atoms with Crippen LogP contribution in [0.15, 0.2) is 41.7 Å². The summed E-state index contributed by atoms with van der Waals surface area (Å²) in [6, 6.07) is 10.6. The molecule has 0 amide bonds. The Labute approximate surface area is 125 Å². The van der Waals surface area contributed by atoms with Gasteiger partial charge >= 0.3 is 0 Å². The number of benzene rings is 1. The number of rotatable bonds is 6. The van der Waals surface area contributed by atoms with Crippen LogP contribution in [0.3, 0.4) is 0 Å². The van der Waals surface area contributed by atoms with Crippen LogP contribution < -0.4 is 5.73 Å². The third-order valence-electron chi connectivity index (χ3n) is 3.63. The lowest BCUT2D eigenvalue weighted by atomic mass is 10.1. The summed E-state index contributed by atoms with van der Waals surface area (Å²) in [6.07, 6.45) is 2.40. The van der Waals surface area contributed by atoms with Crippen LogP contribution in [0, 0.1) is 0 Å². The quantitative estimate of drug-likeness (QED) is 0.370. The van der Waals surface area contributed by atoms with Crippen LogP contribution in [0.25, 0.3) is 10.9 Å². The SMILES string of the molecule is CC(C)N(CCC(N)=NO)Cc1ccnc2ccccc12. The van der Waals surface area contributed by atoms with Gasteiger partial charge in [-0.3, -0.25) is 9.88 Å². The van der Waals surface area contributed by atoms with Gasteiger partial charge in [-0.2, -0.15) is 0 Å². The van der Waals surface area contributed by atoms with Crippen LogP contribution in [-0.4, -0.2) is 33.5 Å². The standard InChI is InChI=1S/C16H22N4O/c1-12(2)20(10-8-16(17)19-21)11-13-7-9-18-15-6-4-3-5-14(13)15/h3-7,9,12,21H,8,10-11H2,1-2H3,(H2,17,19). The average molecular weight is 286 g/mol. The van der Waals surface area contributed by atoms with E-state index in [-0.39, 0.29) is 5.84 Å². The molecule has 0 unspecified atom stereocenters. The second-order valence-electron chi connectivity index (χ2n) is 5.39. The fraction of sp³-hybridized carbons (Fsp3) is 0.375. The van der Waals surface area contributed by atoms with Crippen molar-refractivity contribution in [1.82, 2.24) is 9.88 Å². The molecule has 0 aliphatic carbocycles. The molecule has 5 heteroatoms. The number of nitrogens with zero attached hydrogens (tertiary/aromatic N) is 3. The highest BCUT2D eigenvalue weighted by molar-refractivity contribution is 5.82. The van der Waals surface area contributed by atoms with Gasteiger partial charge in [0.05, 0.1) is 5.52 Å². The van der Waals surface area contributed by atoms with E-state index in [1.165, 1.54) is 10.9 Å². The Kier molecular flexibility index (Phi) is 5.11. The highest BCUT2D eigenvalue weighted by atomic mass is 16.4. The number of nitrogens with two attached hydrogens (primary N) is 1. The van der Waals surface area contributed by atoms with Gasteiger partial charge in [0.2, 0.25) is 0 Å². The third kappa shape index (κ3) is 3.92.